The lowest BCUT2D eigenvalue weighted by Crippen LogP contribution is -2.37. The van der Waals surface area contributed by atoms with E-state index in [0.717, 1.165) is 39.2 Å². The number of aromatic nitrogens is 3. The molecule has 220 valence electrons. The minimum Gasteiger partial charge on any atom is -0.376 e. The van der Waals surface area contributed by atoms with Gasteiger partial charge in [0.1, 0.15) is 0 Å². The molecule has 6 rings (SSSR count). The summed E-state index contributed by atoms with van der Waals surface area (Å²) in [6, 6.07) is 13.7. The number of aryl methyl sites for hydroxylation is 1. The smallest absolute Gasteiger partial charge is 0.262 e. The summed E-state index contributed by atoms with van der Waals surface area (Å²) in [7, 11) is 0. The maximum Gasteiger partial charge on any atom is 0.262 e. The number of fused-ring (bicyclic) bond motifs is 1. The van der Waals surface area contributed by atoms with E-state index in [1.54, 1.807) is 16.2 Å². The molecule has 0 spiro atoms. The Hall–Kier alpha value is -3.50. The number of alkyl halides is 2. The van der Waals surface area contributed by atoms with Crippen molar-refractivity contribution in [2.45, 2.75) is 75.7 Å². The number of rotatable bonds is 11. The van der Waals surface area contributed by atoms with Crippen molar-refractivity contribution in [1.82, 2.24) is 15.1 Å². The summed E-state index contributed by atoms with van der Waals surface area (Å²) in [5.41, 5.74) is 2.06. The Morgan fingerprint density at radius 2 is 2.00 bits per heavy atom. The Labute approximate surface area is 247 Å². The number of hydrogen-bond donors (Lipinski definition) is 1. The molecule has 2 fully saturated rings. The van der Waals surface area contributed by atoms with Crippen molar-refractivity contribution in [3.05, 3.63) is 71.8 Å². The number of unbranched alkanes of at least 4 members (excludes halogenated alkanes) is 1. The number of amides is 1. The SMILES string of the molecule is C=CC(O)(CCCCN(C(=O)C1CCC(F)(F)C1)c1cccc(-c2ccc3nc(C)sc3c2)c1)c1nc(C2CC2)no1. The van der Waals surface area contributed by atoms with Gasteiger partial charge in [-0.2, -0.15) is 4.98 Å². The highest BCUT2D eigenvalue weighted by Gasteiger charge is 2.44. The van der Waals surface area contributed by atoms with E-state index >= 15 is 0 Å². The molecule has 2 unspecified atom stereocenters. The first-order chi connectivity index (χ1) is 20.1. The number of carbonyl (C=O) groups is 1. The molecule has 2 aliphatic rings. The summed E-state index contributed by atoms with van der Waals surface area (Å²) in [6.07, 6.45) is 4.24. The van der Waals surface area contributed by atoms with Gasteiger partial charge in [-0.1, -0.05) is 36.0 Å². The number of hydrogen-bond acceptors (Lipinski definition) is 7. The number of aliphatic hydroxyl groups is 1. The topological polar surface area (TPSA) is 92.3 Å². The fraction of sp³-hybridized carbons (Fsp3) is 0.438. The molecule has 10 heteroatoms. The van der Waals surface area contributed by atoms with Gasteiger partial charge in [0.2, 0.25) is 11.8 Å². The van der Waals surface area contributed by atoms with Gasteiger partial charge in [0, 0.05) is 36.9 Å². The van der Waals surface area contributed by atoms with Crippen LogP contribution in [-0.2, 0) is 10.4 Å². The molecule has 0 radical (unpaired) electrons. The summed E-state index contributed by atoms with van der Waals surface area (Å²) >= 11 is 1.63. The molecule has 0 saturated heterocycles. The lowest BCUT2D eigenvalue weighted by atomic mass is 9.96. The molecule has 2 aromatic heterocycles. The highest BCUT2D eigenvalue weighted by atomic mass is 32.1. The van der Waals surface area contributed by atoms with Crippen molar-refractivity contribution in [3.8, 4) is 11.1 Å². The quantitative estimate of drug-likeness (QED) is 0.143. The molecule has 7 nitrogen and oxygen atoms in total. The van der Waals surface area contributed by atoms with Crippen LogP contribution in [0.4, 0.5) is 14.5 Å². The molecular weight excluding hydrogens is 558 g/mol. The molecule has 4 aromatic rings. The number of halogens is 2. The van der Waals surface area contributed by atoms with Crippen LogP contribution in [-0.4, -0.2) is 38.6 Å². The monoisotopic (exact) mass is 592 g/mol. The normalized spacial score (nSPS) is 19.6. The van der Waals surface area contributed by atoms with Crippen molar-refractivity contribution in [1.29, 1.82) is 0 Å². The van der Waals surface area contributed by atoms with E-state index < -0.39 is 23.9 Å². The Morgan fingerprint density at radius 1 is 1.19 bits per heavy atom. The molecule has 2 saturated carbocycles. The Morgan fingerprint density at radius 3 is 2.74 bits per heavy atom. The number of nitrogens with zero attached hydrogens (tertiary/aromatic N) is 4. The van der Waals surface area contributed by atoms with Crippen molar-refractivity contribution >= 4 is 33.1 Å². The zero-order valence-corrected chi connectivity index (χ0v) is 24.4. The summed E-state index contributed by atoms with van der Waals surface area (Å²) in [5, 5.41) is 16.2. The minimum atomic E-state index is -2.82. The predicted octanol–water partition coefficient (Wildman–Crippen LogP) is 7.54. The van der Waals surface area contributed by atoms with Gasteiger partial charge in [-0.05, 0) is 80.8 Å². The van der Waals surface area contributed by atoms with Crippen LogP contribution in [0, 0.1) is 12.8 Å². The molecular formula is C32H34F2N4O3S. The highest BCUT2D eigenvalue weighted by Crippen LogP contribution is 2.41. The van der Waals surface area contributed by atoms with E-state index in [0.29, 0.717) is 36.8 Å². The zero-order valence-electron chi connectivity index (χ0n) is 23.6. The average Bonchev–Trinajstić information content (AvgIpc) is 3.39. The van der Waals surface area contributed by atoms with Crippen molar-refractivity contribution in [2.24, 2.45) is 5.92 Å². The number of carbonyl (C=O) groups excluding carboxylic acids is 1. The maximum absolute atomic E-state index is 14.1. The van der Waals surface area contributed by atoms with Crippen LogP contribution >= 0.6 is 11.3 Å². The lowest BCUT2D eigenvalue weighted by molar-refractivity contribution is -0.123. The Bertz CT molecular complexity index is 1610. The van der Waals surface area contributed by atoms with Crippen LogP contribution in [0.1, 0.15) is 74.0 Å². The lowest BCUT2D eigenvalue weighted by Gasteiger charge is -2.27. The van der Waals surface area contributed by atoms with E-state index in [2.05, 4.69) is 27.8 Å². The van der Waals surface area contributed by atoms with Crippen LogP contribution in [0.15, 0.2) is 59.6 Å². The van der Waals surface area contributed by atoms with E-state index in [-0.39, 0.29) is 31.1 Å². The summed E-state index contributed by atoms with van der Waals surface area (Å²) < 4.78 is 34.6. The fourth-order valence-electron chi connectivity index (χ4n) is 5.70. The third kappa shape index (κ3) is 6.01. The van der Waals surface area contributed by atoms with Gasteiger partial charge in [-0.15, -0.1) is 11.3 Å². The summed E-state index contributed by atoms with van der Waals surface area (Å²) in [4.78, 5) is 24.2. The molecule has 1 amide bonds. The molecule has 2 aliphatic carbocycles. The van der Waals surface area contributed by atoms with Crippen molar-refractivity contribution in [3.63, 3.8) is 0 Å². The molecule has 0 aliphatic heterocycles. The molecule has 2 atom stereocenters. The van der Waals surface area contributed by atoms with Gasteiger partial charge in [0.25, 0.3) is 5.89 Å². The van der Waals surface area contributed by atoms with E-state index in [1.807, 2.05) is 43.3 Å². The third-order valence-electron chi connectivity index (χ3n) is 8.29. The summed E-state index contributed by atoms with van der Waals surface area (Å²) in [5.74, 6) is -2.81. The average molecular weight is 593 g/mol. The van der Waals surface area contributed by atoms with Crippen LogP contribution in [0.25, 0.3) is 21.3 Å². The van der Waals surface area contributed by atoms with Crippen molar-refractivity contribution < 1.29 is 23.2 Å². The van der Waals surface area contributed by atoms with Gasteiger partial charge in [-0.25, -0.2) is 13.8 Å². The van der Waals surface area contributed by atoms with Crippen LogP contribution in [0.5, 0.6) is 0 Å². The first-order valence-electron chi connectivity index (χ1n) is 14.5. The Kier molecular flexibility index (Phi) is 7.70. The Balaban J connectivity index is 1.20. The van der Waals surface area contributed by atoms with Gasteiger partial charge in [0.15, 0.2) is 11.4 Å². The third-order valence-corrected chi connectivity index (χ3v) is 9.22. The highest BCUT2D eigenvalue weighted by molar-refractivity contribution is 7.18. The second-order valence-corrected chi connectivity index (χ2v) is 12.8. The summed E-state index contributed by atoms with van der Waals surface area (Å²) in [6.45, 7) is 6.07. The van der Waals surface area contributed by atoms with Crippen LogP contribution in [0.3, 0.4) is 0 Å². The molecule has 2 aromatic carbocycles. The van der Waals surface area contributed by atoms with Gasteiger partial charge in [0.05, 0.1) is 15.2 Å². The van der Waals surface area contributed by atoms with Gasteiger partial charge >= 0.3 is 0 Å². The maximum atomic E-state index is 14.1. The second kappa shape index (κ2) is 11.3. The van der Waals surface area contributed by atoms with Crippen LogP contribution < -0.4 is 4.90 Å². The van der Waals surface area contributed by atoms with E-state index in [1.165, 1.54) is 6.08 Å². The molecule has 0 bridgehead atoms. The minimum absolute atomic E-state index is 0.126. The zero-order chi connectivity index (χ0) is 29.5. The number of anilines is 1. The fourth-order valence-corrected chi connectivity index (χ4v) is 6.57. The molecule has 1 N–H and O–H groups in total. The van der Waals surface area contributed by atoms with Crippen molar-refractivity contribution in [2.75, 3.05) is 11.4 Å². The number of thiazole rings is 1. The van der Waals surface area contributed by atoms with E-state index in [9.17, 15) is 18.7 Å². The van der Waals surface area contributed by atoms with Crippen LogP contribution in [0.2, 0.25) is 0 Å². The predicted molar refractivity (Wildman–Crippen MR) is 159 cm³/mol. The van der Waals surface area contributed by atoms with E-state index in [4.69, 9.17) is 4.52 Å². The first kappa shape index (κ1) is 28.6. The van der Waals surface area contributed by atoms with Gasteiger partial charge < -0.3 is 14.5 Å². The largest absolute Gasteiger partial charge is 0.376 e. The standard InChI is InChI=1S/C32H34F2N4O3S/c1-3-31(40,30-36-28(37-41-30)21-9-10-21)14-4-5-16-38(29(39)24-13-15-32(33,34)19-24)25-8-6-7-22(17-25)23-11-12-26-27(18-23)42-20(2)35-26/h3,6-8,11-12,17-18,21,24,40H,1,4-5,9-10,13-16,19H2,2H3. The molecule has 42 heavy (non-hydrogen) atoms. The van der Waals surface area contributed by atoms with Gasteiger partial charge in [-0.3, -0.25) is 4.79 Å². The number of benzene rings is 2. The first-order valence-corrected chi connectivity index (χ1v) is 15.3. The molecule has 2 heterocycles. The second-order valence-electron chi connectivity index (χ2n) is 11.6.